The molecule has 0 radical (unpaired) electrons. The fourth-order valence-electron chi connectivity index (χ4n) is 6.43. The van der Waals surface area contributed by atoms with Crippen molar-refractivity contribution < 1.29 is 38.1 Å². The maximum atomic E-state index is 12.9. The van der Waals surface area contributed by atoms with Crippen LogP contribution in [0.3, 0.4) is 0 Å². The van der Waals surface area contributed by atoms with Gasteiger partial charge < -0.3 is 39.4 Å². The van der Waals surface area contributed by atoms with Crippen LogP contribution in [-0.2, 0) is 31.9 Å². The van der Waals surface area contributed by atoms with Crippen LogP contribution in [0.2, 0.25) is 0 Å². The molecule has 0 atom stereocenters. The number of nitrogens with one attached hydrogen (secondary N) is 2. The second-order valence-electron chi connectivity index (χ2n) is 16.9. The number of methoxy groups -OCH3 is 2. The summed E-state index contributed by atoms with van der Waals surface area (Å²) in [5.74, 6) is 1.23. The van der Waals surface area contributed by atoms with Gasteiger partial charge >= 0.3 is 12.2 Å². The standard InChI is InChI=1S/C46H74N4O8/c1-45(2,3)57-43(53)49(33-23-29-47-41(51)35-37-25-17-19-27-39(37)55-7)31-21-15-13-11-9-10-12-14-16-22-32-50(44(54)58-46(4,5)6)34-24-30-48-42(52)36-38-26-18-20-28-40(38)56-8/h17-20,25-28H,9-16,21-24,29-36H2,1-8H3,(H,47,51)(H,48,52). The maximum Gasteiger partial charge on any atom is 0.410 e. The number of para-hydroxylation sites is 2. The molecule has 0 aliphatic rings. The second-order valence-corrected chi connectivity index (χ2v) is 16.9. The van der Waals surface area contributed by atoms with Gasteiger partial charge in [0.1, 0.15) is 22.7 Å². The van der Waals surface area contributed by atoms with Crippen LogP contribution in [0, 0.1) is 0 Å². The lowest BCUT2D eigenvalue weighted by Gasteiger charge is -2.27. The van der Waals surface area contributed by atoms with Crippen molar-refractivity contribution in [3.05, 3.63) is 59.7 Å². The molecule has 326 valence electrons. The highest BCUT2D eigenvalue weighted by molar-refractivity contribution is 5.79. The number of hydrogen-bond donors (Lipinski definition) is 2. The molecule has 0 aliphatic carbocycles. The molecule has 2 aromatic rings. The molecule has 0 saturated heterocycles. The Morgan fingerprint density at radius 3 is 1.12 bits per heavy atom. The highest BCUT2D eigenvalue weighted by Crippen LogP contribution is 2.19. The summed E-state index contributed by atoms with van der Waals surface area (Å²) in [5, 5.41) is 5.93. The maximum absolute atomic E-state index is 12.9. The van der Waals surface area contributed by atoms with E-state index in [4.69, 9.17) is 18.9 Å². The molecular weight excluding hydrogens is 737 g/mol. The Morgan fingerprint density at radius 1 is 0.483 bits per heavy atom. The zero-order valence-corrected chi connectivity index (χ0v) is 36.9. The smallest absolute Gasteiger partial charge is 0.410 e. The average Bonchev–Trinajstić information content (AvgIpc) is 3.15. The van der Waals surface area contributed by atoms with Gasteiger partial charge in [0.05, 0.1) is 27.1 Å². The van der Waals surface area contributed by atoms with Crippen molar-refractivity contribution in [2.75, 3.05) is 53.5 Å². The summed E-state index contributed by atoms with van der Waals surface area (Å²) in [4.78, 5) is 54.5. The van der Waals surface area contributed by atoms with Crippen LogP contribution in [0.4, 0.5) is 9.59 Å². The third-order valence-corrected chi connectivity index (χ3v) is 9.35. The van der Waals surface area contributed by atoms with Crippen LogP contribution in [0.15, 0.2) is 48.5 Å². The lowest BCUT2D eigenvalue weighted by Crippen LogP contribution is -2.39. The summed E-state index contributed by atoms with van der Waals surface area (Å²) in [5.41, 5.74) is 0.530. The van der Waals surface area contributed by atoms with E-state index in [1.54, 1.807) is 24.0 Å². The van der Waals surface area contributed by atoms with E-state index in [1.165, 1.54) is 12.8 Å². The van der Waals surface area contributed by atoms with Crippen LogP contribution < -0.4 is 20.1 Å². The first kappa shape index (κ1) is 49.7. The topological polar surface area (TPSA) is 136 Å². The second kappa shape index (κ2) is 27.3. The highest BCUT2D eigenvalue weighted by Gasteiger charge is 2.23. The molecule has 12 heteroatoms. The van der Waals surface area contributed by atoms with Crippen molar-refractivity contribution in [3.8, 4) is 11.5 Å². The highest BCUT2D eigenvalue weighted by atomic mass is 16.6. The largest absolute Gasteiger partial charge is 0.496 e. The first-order valence-electron chi connectivity index (χ1n) is 21.3. The Morgan fingerprint density at radius 2 is 0.793 bits per heavy atom. The van der Waals surface area contributed by atoms with Gasteiger partial charge in [0.2, 0.25) is 11.8 Å². The number of amides is 4. The van der Waals surface area contributed by atoms with Crippen LogP contribution in [0.5, 0.6) is 11.5 Å². The summed E-state index contributed by atoms with van der Waals surface area (Å²) in [6, 6.07) is 15.0. The van der Waals surface area contributed by atoms with Gasteiger partial charge in [-0.3, -0.25) is 9.59 Å². The number of unbranched alkanes of at least 4 members (excludes halogenated alkanes) is 9. The quantitative estimate of drug-likeness (QED) is 0.0855. The molecule has 2 aromatic carbocycles. The summed E-state index contributed by atoms with van der Waals surface area (Å²) in [7, 11) is 3.19. The van der Waals surface area contributed by atoms with Crippen LogP contribution in [-0.4, -0.2) is 98.5 Å². The van der Waals surface area contributed by atoms with E-state index in [9.17, 15) is 19.2 Å². The van der Waals surface area contributed by atoms with Crippen LogP contribution in [0.1, 0.15) is 130 Å². The summed E-state index contributed by atoms with van der Waals surface area (Å²) in [6.07, 6.45) is 11.9. The minimum atomic E-state index is -0.574. The van der Waals surface area contributed by atoms with Gasteiger partial charge in [-0.25, -0.2) is 9.59 Å². The fraction of sp³-hybridized carbons (Fsp3) is 0.652. The monoisotopic (exact) mass is 811 g/mol. The minimum Gasteiger partial charge on any atom is -0.496 e. The van der Waals surface area contributed by atoms with E-state index in [1.807, 2.05) is 90.1 Å². The number of carbonyl (C=O) groups excluding carboxylic acids is 4. The first-order valence-corrected chi connectivity index (χ1v) is 21.3. The van der Waals surface area contributed by atoms with Gasteiger partial charge in [0, 0.05) is 50.4 Å². The number of hydrogen-bond acceptors (Lipinski definition) is 8. The van der Waals surface area contributed by atoms with E-state index in [2.05, 4.69) is 10.6 Å². The molecule has 0 unspecified atom stereocenters. The van der Waals surface area contributed by atoms with Crippen molar-refractivity contribution in [2.45, 2.75) is 143 Å². The minimum absolute atomic E-state index is 0.0779. The molecule has 4 amide bonds. The third-order valence-electron chi connectivity index (χ3n) is 9.35. The number of rotatable bonds is 27. The molecule has 0 aliphatic heterocycles. The molecular formula is C46H74N4O8. The van der Waals surface area contributed by atoms with Crippen molar-refractivity contribution in [1.82, 2.24) is 20.4 Å². The zero-order valence-electron chi connectivity index (χ0n) is 36.9. The van der Waals surface area contributed by atoms with E-state index >= 15 is 0 Å². The Kier molecular flexibility index (Phi) is 23.3. The van der Waals surface area contributed by atoms with Crippen molar-refractivity contribution in [2.24, 2.45) is 0 Å². The Bertz CT molecular complexity index is 1390. The predicted octanol–water partition coefficient (Wildman–Crippen LogP) is 8.88. The average molecular weight is 811 g/mol. The van der Waals surface area contributed by atoms with Crippen LogP contribution in [0.25, 0.3) is 0 Å². The van der Waals surface area contributed by atoms with Gasteiger partial charge in [-0.1, -0.05) is 87.8 Å². The van der Waals surface area contributed by atoms with E-state index in [0.29, 0.717) is 63.6 Å². The van der Waals surface area contributed by atoms with Crippen molar-refractivity contribution >= 4 is 24.0 Å². The fourth-order valence-corrected chi connectivity index (χ4v) is 6.43. The predicted molar refractivity (Wildman–Crippen MR) is 230 cm³/mol. The van der Waals surface area contributed by atoms with E-state index < -0.39 is 11.2 Å². The lowest BCUT2D eigenvalue weighted by atomic mass is 10.1. The molecule has 0 heterocycles. The number of nitrogens with zero attached hydrogens (tertiary/aromatic N) is 2. The van der Waals surface area contributed by atoms with Crippen molar-refractivity contribution in [1.29, 1.82) is 0 Å². The molecule has 0 saturated carbocycles. The normalized spacial score (nSPS) is 11.4. The SMILES string of the molecule is COc1ccccc1CC(=O)NCCCN(CCCCCCCCCCCCN(CCCNC(=O)Cc1ccccc1OC)C(=O)OC(C)(C)C)C(=O)OC(C)(C)C. The Hall–Kier alpha value is -4.48. The van der Waals surface area contributed by atoms with Gasteiger partial charge in [-0.05, 0) is 79.4 Å². The molecule has 12 nitrogen and oxygen atoms in total. The Balaban J connectivity index is 1.62. The molecule has 0 bridgehead atoms. The summed E-state index contributed by atoms with van der Waals surface area (Å²) < 4.78 is 22.1. The molecule has 2 N–H and O–H groups in total. The summed E-state index contributed by atoms with van der Waals surface area (Å²) >= 11 is 0. The van der Waals surface area contributed by atoms with E-state index in [0.717, 1.165) is 62.5 Å². The number of carbonyl (C=O) groups is 4. The third kappa shape index (κ3) is 22.5. The Labute approximate surface area is 349 Å². The van der Waals surface area contributed by atoms with E-state index in [-0.39, 0.29) is 36.8 Å². The number of benzene rings is 2. The zero-order chi connectivity index (χ0) is 42.8. The summed E-state index contributed by atoms with van der Waals surface area (Å²) in [6.45, 7) is 14.5. The van der Waals surface area contributed by atoms with Crippen LogP contribution >= 0.6 is 0 Å². The molecule has 0 aromatic heterocycles. The molecule has 2 rings (SSSR count). The number of ether oxygens (including phenoxy) is 4. The first-order chi connectivity index (χ1) is 27.6. The van der Waals surface area contributed by atoms with Crippen molar-refractivity contribution in [3.63, 3.8) is 0 Å². The molecule has 0 fully saturated rings. The lowest BCUT2D eigenvalue weighted by molar-refractivity contribution is -0.121. The molecule has 58 heavy (non-hydrogen) atoms. The van der Waals surface area contributed by atoms with Gasteiger partial charge in [0.15, 0.2) is 0 Å². The van der Waals surface area contributed by atoms with Gasteiger partial charge in [-0.2, -0.15) is 0 Å². The van der Waals surface area contributed by atoms with Gasteiger partial charge in [0.25, 0.3) is 0 Å². The molecule has 0 spiro atoms. The van der Waals surface area contributed by atoms with Gasteiger partial charge in [-0.15, -0.1) is 0 Å².